The minimum Gasteiger partial charge on any atom is -0.359 e. The molecular formula is C20H28N4O. The molecule has 2 saturated carbocycles. The zero-order chi connectivity index (χ0) is 17.6. The molecule has 0 spiro atoms. The van der Waals surface area contributed by atoms with Gasteiger partial charge in [0.15, 0.2) is 0 Å². The summed E-state index contributed by atoms with van der Waals surface area (Å²) in [7, 11) is 0. The van der Waals surface area contributed by atoms with E-state index in [2.05, 4.69) is 41.3 Å². The lowest BCUT2D eigenvalue weighted by Gasteiger charge is -2.10. The highest BCUT2D eigenvalue weighted by molar-refractivity contribution is 5.60. The highest BCUT2D eigenvalue weighted by Crippen LogP contribution is 2.28. The number of aromatic nitrogens is 3. The summed E-state index contributed by atoms with van der Waals surface area (Å²) in [6.07, 6.45) is 7.89. The van der Waals surface area contributed by atoms with Crippen molar-refractivity contribution in [2.45, 2.75) is 64.8 Å². The third-order valence-corrected chi connectivity index (χ3v) is 5.31. The van der Waals surface area contributed by atoms with Crippen LogP contribution >= 0.6 is 0 Å². The fourth-order valence-corrected chi connectivity index (χ4v) is 3.73. The molecule has 0 radical (unpaired) electrons. The minimum atomic E-state index is -0.0340. The van der Waals surface area contributed by atoms with Crippen LogP contribution in [0.1, 0.15) is 68.0 Å². The van der Waals surface area contributed by atoms with Crippen molar-refractivity contribution in [1.82, 2.24) is 20.5 Å². The topological polar surface area (TPSA) is 76.5 Å². The number of H-pyrrole nitrogens is 3. The second kappa shape index (κ2) is 6.37. The Morgan fingerprint density at radius 2 is 2.00 bits per heavy atom. The summed E-state index contributed by atoms with van der Waals surface area (Å²) in [5, 5.41) is 11.2. The second-order valence-electron chi connectivity index (χ2n) is 7.80. The predicted molar refractivity (Wildman–Crippen MR) is 101 cm³/mol. The van der Waals surface area contributed by atoms with Gasteiger partial charge in [-0.1, -0.05) is 13.8 Å². The molecule has 2 fully saturated rings. The van der Waals surface area contributed by atoms with Gasteiger partial charge in [-0.2, -0.15) is 0 Å². The molecule has 2 heterocycles. The van der Waals surface area contributed by atoms with Gasteiger partial charge in [0.1, 0.15) is 0 Å². The van der Waals surface area contributed by atoms with E-state index in [1.807, 2.05) is 6.08 Å². The van der Waals surface area contributed by atoms with Gasteiger partial charge in [-0.25, -0.2) is 0 Å². The lowest BCUT2D eigenvalue weighted by molar-refractivity contribution is 0.676. The van der Waals surface area contributed by atoms with Crippen molar-refractivity contribution in [3.63, 3.8) is 0 Å². The maximum absolute atomic E-state index is 12.2. The largest absolute Gasteiger partial charge is 0.359 e. The maximum atomic E-state index is 12.2. The third kappa shape index (κ3) is 3.38. The molecule has 0 bridgehead atoms. The highest BCUT2D eigenvalue weighted by atomic mass is 16.1. The van der Waals surface area contributed by atoms with Crippen LogP contribution in [-0.4, -0.2) is 27.8 Å². The molecule has 134 valence electrons. The average Bonchev–Trinajstić information content (AvgIpc) is 3.47. The first-order valence-corrected chi connectivity index (χ1v) is 9.49. The number of hydrogen-bond acceptors (Lipinski definition) is 2. The van der Waals surface area contributed by atoms with E-state index in [-0.39, 0.29) is 5.56 Å². The molecular weight excluding hydrogens is 312 g/mol. The first-order valence-electron chi connectivity index (χ1n) is 9.49. The van der Waals surface area contributed by atoms with Crippen LogP contribution in [0.15, 0.2) is 4.79 Å². The van der Waals surface area contributed by atoms with Gasteiger partial charge >= 0.3 is 0 Å². The van der Waals surface area contributed by atoms with Crippen LogP contribution in [0, 0.1) is 6.92 Å². The molecule has 2 aliphatic carbocycles. The zero-order valence-corrected chi connectivity index (χ0v) is 15.4. The van der Waals surface area contributed by atoms with Crippen molar-refractivity contribution in [2.75, 3.05) is 6.54 Å². The van der Waals surface area contributed by atoms with Gasteiger partial charge in [0.25, 0.3) is 5.56 Å². The van der Waals surface area contributed by atoms with E-state index in [1.54, 1.807) is 0 Å². The molecule has 25 heavy (non-hydrogen) atoms. The number of hydrogen-bond donors (Lipinski definition) is 4. The lowest BCUT2D eigenvalue weighted by atomic mass is 9.95. The van der Waals surface area contributed by atoms with Crippen LogP contribution in [0.25, 0.3) is 11.6 Å². The molecule has 2 aliphatic rings. The Kier molecular flexibility index (Phi) is 4.20. The fourth-order valence-electron chi connectivity index (χ4n) is 3.73. The minimum absolute atomic E-state index is 0.0340. The first kappa shape index (κ1) is 16.5. The second-order valence-corrected chi connectivity index (χ2v) is 7.80. The Morgan fingerprint density at radius 1 is 1.24 bits per heavy atom. The molecule has 0 saturated heterocycles. The number of nitrogens with one attached hydrogen (secondary N) is 4. The molecule has 4 N–H and O–H groups in total. The van der Waals surface area contributed by atoms with E-state index in [9.17, 15) is 4.79 Å². The summed E-state index contributed by atoms with van der Waals surface area (Å²) >= 11 is 0. The standard InChI is InChI=1S/C20H28N4O/c1-11(2)18-15(8-9-21-14-6-7-14)12(3)22-17(18)10-16-19(13-4-5-13)23-24-20(16)25/h10-11,14,21-23H,4-9H2,1-3H3,(H,24,25). The smallest absolute Gasteiger partial charge is 0.271 e. The molecule has 5 nitrogen and oxygen atoms in total. The SMILES string of the molecule is Cc1[nH]c(C=c2c(=O)[nH][nH]c2=C2CC2)c(C(C)C)c1CCNC1CC1. The van der Waals surface area contributed by atoms with Gasteiger partial charge in [-0.3, -0.25) is 15.0 Å². The lowest BCUT2D eigenvalue weighted by Crippen LogP contribution is -2.33. The summed E-state index contributed by atoms with van der Waals surface area (Å²) in [6.45, 7) is 7.63. The van der Waals surface area contributed by atoms with E-state index < -0.39 is 0 Å². The van der Waals surface area contributed by atoms with E-state index in [0.29, 0.717) is 5.92 Å². The normalized spacial score (nSPS) is 17.8. The van der Waals surface area contributed by atoms with Crippen LogP contribution in [0.5, 0.6) is 0 Å². The Balaban J connectivity index is 1.75. The molecule has 0 amide bonds. The summed E-state index contributed by atoms with van der Waals surface area (Å²) in [5.41, 5.74) is 6.37. The predicted octanol–water partition coefficient (Wildman–Crippen LogP) is 1.53. The number of aromatic amines is 3. The van der Waals surface area contributed by atoms with Gasteiger partial charge in [0.05, 0.1) is 10.6 Å². The molecule has 5 heteroatoms. The monoisotopic (exact) mass is 340 g/mol. The van der Waals surface area contributed by atoms with Crippen LogP contribution < -0.4 is 21.4 Å². The maximum Gasteiger partial charge on any atom is 0.271 e. The average molecular weight is 340 g/mol. The van der Waals surface area contributed by atoms with Crippen molar-refractivity contribution in [3.05, 3.63) is 43.4 Å². The quantitative estimate of drug-likeness (QED) is 0.644. The van der Waals surface area contributed by atoms with E-state index in [1.165, 1.54) is 35.2 Å². The van der Waals surface area contributed by atoms with E-state index in [4.69, 9.17) is 0 Å². The molecule has 0 aliphatic heterocycles. The van der Waals surface area contributed by atoms with Gasteiger partial charge in [-0.05, 0) is 74.3 Å². The van der Waals surface area contributed by atoms with Crippen LogP contribution in [-0.2, 0) is 6.42 Å². The Hall–Kier alpha value is -2.01. The van der Waals surface area contributed by atoms with Crippen LogP contribution in [0.4, 0.5) is 0 Å². The highest BCUT2D eigenvalue weighted by Gasteiger charge is 2.22. The molecule has 4 rings (SSSR count). The first-order chi connectivity index (χ1) is 12.0. The Morgan fingerprint density at radius 3 is 2.64 bits per heavy atom. The van der Waals surface area contributed by atoms with E-state index in [0.717, 1.165) is 48.1 Å². The molecule has 2 aromatic rings. The summed E-state index contributed by atoms with van der Waals surface area (Å²) in [5.74, 6) is 0.419. The number of aryl methyl sites for hydroxylation is 1. The van der Waals surface area contributed by atoms with Gasteiger partial charge in [0.2, 0.25) is 0 Å². The van der Waals surface area contributed by atoms with Crippen molar-refractivity contribution < 1.29 is 0 Å². The summed E-state index contributed by atoms with van der Waals surface area (Å²) < 4.78 is 0. The molecule has 0 unspecified atom stereocenters. The summed E-state index contributed by atoms with van der Waals surface area (Å²) in [6, 6.07) is 0.740. The van der Waals surface area contributed by atoms with Crippen molar-refractivity contribution >= 4 is 11.6 Å². The molecule has 0 aromatic carbocycles. The molecule has 0 atom stereocenters. The fraction of sp³-hybridized carbons (Fsp3) is 0.550. The van der Waals surface area contributed by atoms with Gasteiger partial charge in [-0.15, -0.1) is 0 Å². The Bertz CT molecular complexity index is 947. The Labute approximate surface area is 147 Å². The van der Waals surface area contributed by atoms with E-state index >= 15 is 0 Å². The summed E-state index contributed by atoms with van der Waals surface area (Å²) in [4.78, 5) is 15.8. The van der Waals surface area contributed by atoms with Crippen molar-refractivity contribution in [3.8, 4) is 0 Å². The van der Waals surface area contributed by atoms with Crippen molar-refractivity contribution in [2.24, 2.45) is 0 Å². The molecule has 2 aromatic heterocycles. The van der Waals surface area contributed by atoms with Crippen molar-refractivity contribution in [1.29, 1.82) is 0 Å². The zero-order valence-electron chi connectivity index (χ0n) is 15.4. The van der Waals surface area contributed by atoms with Gasteiger partial charge < -0.3 is 10.3 Å². The van der Waals surface area contributed by atoms with Gasteiger partial charge in [0, 0.05) is 17.4 Å². The van der Waals surface area contributed by atoms with Crippen LogP contribution in [0.3, 0.4) is 0 Å². The number of rotatable bonds is 6. The third-order valence-electron chi connectivity index (χ3n) is 5.31. The van der Waals surface area contributed by atoms with Crippen LogP contribution in [0.2, 0.25) is 0 Å².